The minimum absolute atomic E-state index is 0.0640. The largest absolute Gasteiger partial charge is 0.392 e. The Labute approximate surface area is 81.7 Å². The van der Waals surface area contributed by atoms with Crippen LogP contribution in [0.3, 0.4) is 0 Å². The maximum atomic E-state index is 11.2. The highest BCUT2D eigenvalue weighted by molar-refractivity contribution is 9.10. The van der Waals surface area contributed by atoms with E-state index in [0.717, 1.165) is 0 Å². The first kappa shape index (κ1) is 11.9. The zero-order chi connectivity index (χ0) is 9.72. The Kier molecular flexibility index (Phi) is 5.50. The van der Waals surface area contributed by atoms with Crippen LogP contribution in [-0.2, 0) is 4.79 Å². The lowest BCUT2D eigenvalue weighted by Gasteiger charge is -2.14. The lowest BCUT2D eigenvalue weighted by atomic mass is 10.1. The predicted octanol–water partition coefficient (Wildman–Crippen LogP) is 0.903. The zero-order valence-electron chi connectivity index (χ0n) is 7.67. The van der Waals surface area contributed by atoms with E-state index in [1.165, 1.54) is 0 Å². The average molecular weight is 238 g/mol. The monoisotopic (exact) mass is 237 g/mol. The van der Waals surface area contributed by atoms with Gasteiger partial charge >= 0.3 is 0 Å². The van der Waals surface area contributed by atoms with Crippen molar-refractivity contribution < 1.29 is 9.90 Å². The van der Waals surface area contributed by atoms with Crippen molar-refractivity contribution in [3.63, 3.8) is 0 Å². The Morgan fingerprint density at radius 2 is 2.00 bits per heavy atom. The topological polar surface area (TPSA) is 49.3 Å². The molecule has 0 aromatic rings. The second-order valence-corrected chi connectivity index (χ2v) is 4.23. The molecule has 0 aromatic heterocycles. The molecule has 12 heavy (non-hydrogen) atoms. The van der Waals surface area contributed by atoms with Crippen LogP contribution >= 0.6 is 15.9 Å². The maximum Gasteiger partial charge on any atom is 0.234 e. The van der Waals surface area contributed by atoms with Crippen molar-refractivity contribution in [1.82, 2.24) is 5.32 Å². The van der Waals surface area contributed by atoms with Crippen molar-refractivity contribution in [2.24, 2.45) is 5.92 Å². The average Bonchev–Trinajstić information content (AvgIpc) is 1.98. The standard InChI is InChI=1S/C8H16BrNO2/c1-5(2)7(9)8(12)10-4-6(3)11/h5-7,11H,4H2,1-3H3,(H,10,12)/t6-,7?/m0/s1. The molecular weight excluding hydrogens is 222 g/mol. The van der Waals surface area contributed by atoms with Gasteiger partial charge in [-0.2, -0.15) is 0 Å². The van der Waals surface area contributed by atoms with Gasteiger partial charge in [-0.05, 0) is 12.8 Å². The highest BCUT2D eigenvalue weighted by Gasteiger charge is 2.17. The number of aliphatic hydroxyl groups is 1. The van der Waals surface area contributed by atoms with E-state index in [1.54, 1.807) is 6.92 Å². The number of halogens is 1. The molecule has 1 amide bonds. The molecule has 0 saturated heterocycles. The van der Waals surface area contributed by atoms with E-state index in [4.69, 9.17) is 5.11 Å². The summed E-state index contributed by atoms with van der Waals surface area (Å²) in [7, 11) is 0. The van der Waals surface area contributed by atoms with E-state index in [9.17, 15) is 4.79 Å². The number of alkyl halides is 1. The van der Waals surface area contributed by atoms with Crippen molar-refractivity contribution in [3.05, 3.63) is 0 Å². The molecule has 2 atom stereocenters. The van der Waals surface area contributed by atoms with Gasteiger partial charge in [0.25, 0.3) is 0 Å². The van der Waals surface area contributed by atoms with Crippen LogP contribution in [0.1, 0.15) is 20.8 Å². The second-order valence-electron chi connectivity index (χ2n) is 3.24. The summed E-state index contributed by atoms with van der Waals surface area (Å²) in [5.41, 5.74) is 0. The Bertz CT molecular complexity index is 148. The predicted molar refractivity (Wildman–Crippen MR) is 52.2 cm³/mol. The van der Waals surface area contributed by atoms with Crippen LogP contribution in [0.5, 0.6) is 0 Å². The van der Waals surface area contributed by atoms with Crippen LogP contribution in [0.25, 0.3) is 0 Å². The van der Waals surface area contributed by atoms with Crippen molar-refractivity contribution >= 4 is 21.8 Å². The van der Waals surface area contributed by atoms with E-state index in [-0.39, 0.29) is 16.7 Å². The Balaban J connectivity index is 3.72. The molecule has 3 nitrogen and oxygen atoms in total. The van der Waals surface area contributed by atoms with Crippen LogP contribution in [0.4, 0.5) is 0 Å². The Morgan fingerprint density at radius 3 is 2.33 bits per heavy atom. The third kappa shape index (κ3) is 4.72. The van der Waals surface area contributed by atoms with Gasteiger partial charge in [0.15, 0.2) is 0 Å². The van der Waals surface area contributed by atoms with E-state index in [0.29, 0.717) is 6.54 Å². The molecule has 0 aliphatic rings. The maximum absolute atomic E-state index is 11.2. The number of hydrogen-bond donors (Lipinski definition) is 2. The molecule has 0 rings (SSSR count). The van der Waals surface area contributed by atoms with E-state index in [1.807, 2.05) is 13.8 Å². The smallest absolute Gasteiger partial charge is 0.234 e. The van der Waals surface area contributed by atoms with Crippen LogP contribution in [0.2, 0.25) is 0 Å². The number of amides is 1. The van der Waals surface area contributed by atoms with Gasteiger partial charge < -0.3 is 10.4 Å². The molecule has 2 N–H and O–H groups in total. The molecule has 0 aliphatic carbocycles. The molecular formula is C8H16BrNO2. The van der Waals surface area contributed by atoms with Gasteiger partial charge in [0.2, 0.25) is 5.91 Å². The van der Waals surface area contributed by atoms with Crippen molar-refractivity contribution in [1.29, 1.82) is 0 Å². The fraction of sp³-hybridized carbons (Fsp3) is 0.875. The van der Waals surface area contributed by atoms with Crippen LogP contribution in [-0.4, -0.2) is 28.5 Å². The quantitative estimate of drug-likeness (QED) is 0.715. The molecule has 0 aliphatic heterocycles. The van der Waals surface area contributed by atoms with E-state index >= 15 is 0 Å². The molecule has 1 unspecified atom stereocenters. The minimum atomic E-state index is -0.485. The van der Waals surface area contributed by atoms with Crippen LogP contribution in [0.15, 0.2) is 0 Å². The molecule has 72 valence electrons. The minimum Gasteiger partial charge on any atom is -0.392 e. The number of carbonyl (C=O) groups is 1. The van der Waals surface area contributed by atoms with Crippen LogP contribution in [0, 0.1) is 5.92 Å². The van der Waals surface area contributed by atoms with Crippen molar-refractivity contribution in [3.8, 4) is 0 Å². The summed E-state index contributed by atoms with van der Waals surface area (Å²) in [4.78, 5) is 11.0. The van der Waals surface area contributed by atoms with Crippen molar-refractivity contribution in [2.75, 3.05) is 6.54 Å². The van der Waals surface area contributed by atoms with Crippen LogP contribution < -0.4 is 5.32 Å². The Hall–Kier alpha value is -0.0900. The molecule has 0 fully saturated rings. The molecule has 0 heterocycles. The second kappa shape index (κ2) is 5.54. The summed E-state index contributed by atoms with van der Waals surface area (Å²) < 4.78 is 0. The molecule has 0 saturated carbocycles. The number of hydrogen-bond acceptors (Lipinski definition) is 2. The number of rotatable bonds is 4. The third-order valence-corrected chi connectivity index (χ3v) is 2.88. The van der Waals surface area contributed by atoms with Gasteiger partial charge in [-0.1, -0.05) is 29.8 Å². The lowest BCUT2D eigenvalue weighted by Crippen LogP contribution is -2.37. The summed E-state index contributed by atoms with van der Waals surface area (Å²) in [6.45, 7) is 5.87. The number of carbonyl (C=O) groups excluding carboxylic acids is 1. The zero-order valence-corrected chi connectivity index (χ0v) is 9.26. The normalized spacial score (nSPS) is 15.8. The lowest BCUT2D eigenvalue weighted by molar-refractivity contribution is -0.121. The summed E-state index contributed by atoms with van der Waals surface area (Å²) in [5, 5.41) is 11.5. The van der Waals surface area contributed by atoms with Gasteiger partial charge in [-0.25, -0.2) is 0 Å². The van der Waals surface area contributed by atoms with E-state index in [2.05, 4.69) is 21.2 Å². The first-order valence-electron chi connectivity index (χ1n) is 4.05. The first-order valence-corrected chi connectivity index (χ1v) is 4.96. The molecule has 0 radical (unpaired) electrons. The molecule has 4 heteroatoms. The summed E-state index contributed by atoms with van der Waals surface area (Å²) in [6, 6.07) is 0. The first-order chi connectivity index (χ1) is 5.45. The SMILES string of the molecule is CC(C)C(Br)C(=O)NC[C@H](C)O. The van der Waals surface area contributed by atoms with Gasteiger partial charge in [-0.3, -0.25) is 4.79 Å². The summed E-state index contributed by atoms with van der Waals surface area (Å²) in [6.07, 6.45) is -0.485. The fourth-order valence-corrected chi connectivity index (χ4v) is 0.810. The highest BCUT2D eigenvalue weighted by atomic mass is 79.9. The molecule has 0 aromatic carbocycles. The fourth-order valence-electron chi connectivity index (χ4n) is 0.649. The third-order valence-electron chi connectivity index (χ3n) is 1.41. The molecule has 0 spiro atoms. The summed E-state index contributed by atoms with van der Waals surface area (Å²) in [5.74, 6) is 0.199. The van der Waals surface area contributed by atoms with E-state index < -0.39 is 6.10 Å². The van der Waals surface area contributed by atoms with Gasteiger partial charge in [0.1, 0.15) is 0 Å². The van der Waals surface area contributed by atoms with Gasteiger partial charge in [0.05, 0.1) is 10.9 Å². The number of aliphatic hydroxyl groups excluding tert-OH is 1. The summed E-state index contributed by atoms with van der Waals surface area (Å²) >= 11 is 3.26. The molecule has 0 bridgehead atoms. The van der Waals surface area contributed by atoms with Gasteiger partial charge in [0, 0.05) is 6.54 Å². The van der Waals surface area contributed by atoms with Crippen molar-refractivity contribution in [2.45, 2.75) is 31.7 Å². The Morgan fingerprint density at radius 1 is 1.50 bits per heavy atom. The number of nitrogens with one attached hydrogen (secondary N) is 1. The highest BCUT2D eigenvalue weighted by Crippen LogP contribution is 2.11. The van der Waals surface area contributed by atoms with Gasteiger partial charge in [-0.15, -0.1) is 0 Å².